The number of anilines is 2. The van der Waals surface area contributed by atoms with Crippen LogP contribution in [0.2, 0.25) is 0 Å². The molecule has 0 aliphatic carbocycles. The minimum Gasteiger partial charge on any atom is -0.465 e. The van der Waals surface area contributed by atoms with Crippen molar-refractivity contribution in [1.82, 2.24) is 0 Å². The summed E-state index contributed by atoms with van der Waals surface area (Å²) in [7, 11) is 2.79. The number of thiophene rings is 1. The fourth-order valence-corrected chi connectivity index (χ4v) is 3.25. The number of hydrogen-bond donors (Lipinski definition) is 1. The Labute approximate surface area is 166 Å². The van der Waals surface area contributed by atoms with Crippen molar-refractivity contribution >= 4 is 44.3 Å². The molecule has 0 saturated heterocycles. The minimum absolute atomic E-state index is 0.180. The van der Waals surface area contributed by atoms with E-state index in [1.54, 1.807) is 13.1 Å². The number of rotatable bonds is 3. The third-order valence-electron chi connectivity index (χ3n) is 3.75. The van der Waals surface area contributed by atoms with Crippen molar-refractivity contribution in [2.45, 2.75) is 20.8 Å². The van der Waals surface area contributed by atoms with E-state index in [-0.39, 0.29) is 11.6 Å². The molecule has 0 aliphatic rings. The normalized spacial score (nSPS) is 10.0. The summed E-state index contributed by atoms with van der Waals surface area (Å²) < 4.78 is 10.3. The molecule has 3 rings (SSSR count). The number of nitrogens with one attached hydrogen (secondary N) is 1. The van der Waals surface area contributed by atoms with Gasteiger partial charge in [-0.05, 0) is 25.1 Å². The van der Waals surface area contributed by atoms with E-state index in [1.807, 2.05) is 45.0 Å². The first kappa shape index (κ1) is 21.2. The molecule has 148 valence electrons. The van der Waals surface area contributed by atoms with Crippen LogP contribution in [0.15, 0.2) is 45.6 Å². The maximum absolute atomic E-state index is 12.4. The maximum Gasteiger partial charge on any atom is 0.351 e. The number of carbonyl (C=O) groups excluding carboxylic acids is 2. The molecule has 0 aliphatic heterocycles. The van der Waals surface area contributed by atoms with Gasteiger partial charge in [0.25, 0.3) is 0 Å². The predicted octanol–water partition coefficient (Wildman–Crippen LogP) is 4.64. The first-order valence-corrected chi connectivity index (χ1v) is 9.48. The molecule has 1 N–H and O–H groups in total. The second-order valence-electron chi connectivity index (χ2n) is 5.61. The van der Waals surface area contributed by atoms with Gasteiger partial charge in [0.1, 0.15) is 10.6 Å². The van der Waals surface area contributed by atoms with Crippen LogP contribution in [0.25, 0.3) is 10.3 Å². The smallest absolute Gasteiger partial charge is 0.351 e. The quantitative estimate of drug-likeness (QED) is 0.645. The van der Waals surface area contributed by atoms with Crippen molar-refractivity contribution in [2.24, 2.45) is 0 Å². The number of aryl methyl sites for hydroxylation is 1. The topological polar surface area (TPSA) is 88.8 Å². The molecule has 3 aromatic rings. The second-order valence-corrected chi connectivity index (χ2v) is 6.67. The van der Waals surface area contributed by atoms with Crippen LogP contribution in [-0.4, -0.2) is 26.2 Å². The lowest BCUT2D eigenvalue weighted by molar-refractivity contribution is 0.0596. The van der Waals surface area contributed by atoms with Crippen LogP contribution in [0.5, 0.6) is 0 Å². The average molecular weight is 402 g/mol. The molecule has 0 saturated carbocycles. The zero-order chi connectivity index (χ0) is 20.8. The Kier molecular flexibility index (Phi) is 6.94. The highest BCUT2D eigenvalue weighted by Gasteiger charge is 2.19. The van der Waals surface area contributed by atoms with E-state index < -0.39 is 11.6 Å². The minimum atomic E-state index is -0.777. The molecule has 0 unspecified atom stereocenters. The summed E-state index contributed by atoms with van der Waals surface area (Å²) in [5.41, 5.74) is 1.11. The highest BCUT2D eigenvalue weighted by atomic mass is 32.1. The molecule has 0 radical (unpaired) electrons. The monoisotopic (exact) mass is 402 g/mol. The number of ether oxygens (including phenoxy) is 1. The van der Waals surface area contributed by atoms with Crippen molar-refractivity contribution < 1.29 is 18.7 Å². The average Bonchev–Trinajstić information content (AvgIpc) is 3.12. The van der Waals surface area contributed by atoms with E-state index >= 15 is 0 Å². The summed E-state index contributed by atoms with van der Waals surface area (Å²) in [6.07, 6.45) is 0. The Balaban J connectivity index is 0.00000136. The van der Waals surface area contributed by atoms with Crippen LogP contribution in [0.3, 0.4) is 0 Å². The van der Waals surface area contributed by atoms with Gasteiger partial charge in [-0.2, -0.15) is 0 Å². The van der Waals surface area contributed by atoms with Gasteiger partial charge in [0.05, 0.1) is 11.8 Å². The van der Waals surface area contributed by atoms with E-state index in [4.69, 9.17) is 4.42 Å². The van der Waals surface area contributed by atoms with E-state index in [9.17, 15) is 14.4 Å². The number of benzene rings is 1. The molecule has 8 heteroatoms. The molecule has 2 aromatic heterocycles. The molecule has 1 aromatic carbocycles. The first-order chi connectivity index (χ1) is 13.4. The number of methoxy groups -OCH3 is 1. The lowest BCUT2D eigenvalue weighted by atomic mass is 10.2. The van der Waals surface area contributed by atoms with Crippen LogP contribution in [0.1, 0.15) is 29.8 Å². The van der Waals surface area contributed by atoms with Crippen molar-refractivity contribution in [3.63, 3.8) is 0 Å². The molecule has 7 nitrogen and oxygen atoms in total. The van der Waals surface area contributed by atoms with Gasteiger partial charge in [-0.3, -0.25) is 4.90 Å². The predicted molar refractivity (Wildman–Crippen MR) is 112 cm³/mol. The molecule has 0 atom stereocenters. The van der Waals surface area contributed by atoms with Gasteiger partial charge >= 0.3 is 17.6 Å². The van der Waals surface area contributed by atoms with Crippen LogP contribution in [0.4, 0.5) is 15.5 Å². The first-order valence-electron chi connectivity index (χ1n) is 8.66. The maximum atomic E-state index is 12.4. The van der Waals surface area contributed by atoms with Gasteiger partial charge in [0, 0.05) is 18.8 Å². The Morgan fingerprint density at radius 1 is 1.14 bits per heavy atom. The molecule has 28 heavy (non-hydrogen) atoms. The van der Waals surface area contributed by atoms with Crippen LogP contribution in [-0.2, 0) is 4.74 Å². The zero-order valence-corrected chi connectivity index (χ0v) is 17.2. The summed E-state index contributed by atoms with van der Waals surface area (Å²) in [6, 6.07) is 10.1. The molecular formula is C20H22N2O5S. The van der Waals surface area contributed by atoms with Crippen molar-refractivity contribution in [3.8, 4) is 0 Å². The molecule has 2 amide bonds. The molecule has 0 bridgehead atoms. The molecular weight excluding hydrogens is 380 g/mol. The van der Waals surface area contributed by atoms with Crippen LogP contribution >= 0.6 is 11.3 Å². The summed E-state index contributed by atoms with van der Waals surface area (Å²) >= 11 is 1.22. The SMILES string of the molecule is CC.COC(=O)c1cc2sc(N(C)C(=O)Nc3ccc(C)cc3)cc2oc1=O. The van der Waals surface area contributed by atoms with E-state index in [0.717, 1.165) is 5.56 Å². The highest BCUT2D eigenvalue weighted by molar-refractivity contribution is 7.22. The summed E-state index contributed by atoms with van der Waals surface area (Å²) in [5, 5.41) is 3.35. The standard InChI is InChI=1S/C18H16N2O5S.C2H6/c1-10-4-6-11(7-5-10)19-18(23)20(2)15-9-13-14(26-15)8-12(16(21)24-3)17(22)25-13;1-2/h4-9H,1-3H3,(H,19,23);1-2H3. The second kappa shape index (κ2) is 9.18. The number of amides is 2. The largest absolute Gasteiger partial charge is 0.465 e. The Morgan fingerprint density at radius 2 is 1.79 bits per heavy atom. The summed E-state index contributed by atoms with van der Waals surface area (Å²) in [6.45, 7) is 5.96. The van der Waals surface area contributed by atoms with Gasteiger partial charge in [-0.25, -0.2) is 14.4 Å². The fraction of sp³-hybridized carbons (Fsp3) is 0.250. The van der Waals surface area contributed by atoms with Crippen molar-refractivity contribution in [1.29, 1.82) is 0 Å². The number of urea groups is 1. The number of fused-ring (bicyclic) bond motifs is 1. The van der Waals surface area contributed by atoms with Gasteiger partial charge < -0.3 is 14.5 Å². The number of carbonyl (C=O) groups is 2. The molecule has 0 fully saturated rings. The Morgan fingerprint density at radius 3 is 2.39 bits per heavy atom. The van der Waals surface area contributed by atoms with Gasteiger partial charge in [0.2, 0.25) is 0 Å². The van der Waals surface area contributed by atoms with Crippen molar-refractivity contribution in [2.75, 3.05) is 24.4 Å². The van der Waals surface area contributed by atoms with E-state index in [1.165, 1.54) is 29.4 Å². The van der Waals surface area contributed by atoms with Gasteiger partial charge in [-0.15, -0.1) is 11.3 Å². The zero-order valence-electron chi connectivity index (χ0n) is 16.4. The summed E-state index contributed by atoms with van der Waals surface area (Å²) in [4.78, 5) is 37.3. The number of esters is 1. The van der Waals surface area contributed by atoms with Crippen LogP contribution < -0.4 is 15.8 Å². The Bertz CT molecular complexity index is 1040. The lowest BCUT2D eigenvalue weighted by Crippen LogP contribution is -2.30. The Hall–Kier alpha value is -3.13. The van der Waals surface area contributed by atoms with Crippen LogP contribution in [0, 0.1) is 6.92 Å². The molecule has 2 heterocycles. The lowest BCUT2D eigenvalue weighted by Gasteiger charge is -2.15. The highest BCUT2D eigenvalue weighted by Crippen LogP contribution is 2.32. The van der Waals surface area contributed by atoms with Crippen molar-refractivity contribution in [3.05, 3.63) is 57.9 Å². The van der Waals surface area contributed by atoms with E-state index in [0.29, 0.717) is 21.0 Å². The van der Waals surface area contributed by atoms with E-state index in [2.05, 4.69) is 10.1 Å². The molecule has 0 spiro atoms. The van der Waals surface area contributed by atoms with Gasteiger partial charge in [-0.1, -0.05) is 31.5 Å². The number of hydrogen-bond acceptors (Lipinski definition) is 6. The third kappa shape index (κ3) is 4.58. The summed E-state index contributed by atoms with van der Waals surface area (Å²) in [5.74, 6) is -0.763. The number of nitrogens with zero attached hydrogens (tertiary/aromatic N) is 1. The third-order valence-corrected chi connectivity index (χ3v) is 4.89. The van der Waals surface area contributed by atoms with Gasteiger partial charge in [0.15, 0.2) is 5.58 Å². The fourth-order valence-electron chi connectivity index (χ4n) is 2.26.